The molecule has 14 heavy (non-hydrogen) atoms. The summed E-state index contributed by atoms with van der Waals surface area (Å²) in [6, 6.07) is 0.566. The number of carbonyl (C=O) groups is 1. The van der Waals surface area contributed by atoms with Crippen LogP contribution in [0, 0.1) is 5.92 Å². The molecule has 0 aromatic rings. The molecule has 1 N–H and O–H groups in total. The van der Waals surface area contributed by atoms with Crippen LogP contribution in [0.25, 0.3) is 0 Å². The first-order chi connectivity index (χ1) is 6.59. The summed E-state index contributed by atoms with van der Waals surface area (Å²) >= 11 is 0. The predicted molar refractivity (Wildman–Crippen MR) is 56.2 cm³/mol. The Labute approximate surface area is 85.4 Å². The Morgan fingerprint density at radius 2 is 2.29 bits per heavy atom. The third kappa shape index (κ3) is 3.50. The summed E-state index contributed by atoms with van der Waals surface area (Å²) in [5.41, 5.74) is 0. The maximum Gasteiger partial charge on any atom is 0.327 e. The molecule has 1 atom stereocenters. The van der Waals surface area contributed by atoms with Gasteiger partial charge in [0.2, 0.25) is 0 Å². The Balaban J connectivity index is 2.44. The quantitative estimate of drug-likeness (QED) is 0.701. The van der Waals surface area contributed by atoms with Gasteiger partial charge in [0.05, 0.1) is 0 Å². The SMILES string of the molecule is CC(C)N1CCCC(/C=C\C(=O)O)C1. The summed E-state index contributed by atoms with van der Waals surface area (Å²) in [7, 11) is 0. The minimum atomic E-state index is -0.841. The molecule has 1 fully saturated rings. The molecule has 3 nitrogen and oxygen atoms in total. The van der Waals surface area contributed by atoms with Crippen molar-refractivity contribution < 1.29 is 9.90 Å². The molecule has 1 aliphatic rings. The molecule has 1 heterocycles. The fourth-order valence-corrected chi connectivity index (χ4v) is 1.88. The number of aliphatic carboxylic acids is 1. The van der Waals surface area contributed by atoms with Crippen LogP contribution in [0.5, 0.6) is 0 Å². The average Bonchev–Trinajstić information content (AvgIpc) is 2.15. The third-order valence-corrected chi connectivity index (χ3v) is 2.73. The van der Waals surface area contributed by atoms with Crippen LogP contribution in [0.15, 0.2) is 12.2 Å². The first kappa shape index (κ1) is 11.2. The van der Waals surface area contributed by atoms with E-state index < -0.39 is 5.97 Å². The van der Waals surface area contributed by atoms with Gasteiger partial charge in [-0.05, 0) is 39.2 Å². The Hall–Kier alpha value is -0.830. The van der Waals surface area contributed by atoms with Gasteiger partial charge in [-0.1, -0.05) is 6.08 Å². The van der Waals surface area contributed by atoms with E-state index in [4.69, 9.17) is 5.11 Å². The zero-order valence-electron chi connectivity index (χ0n) is 8.94. The fraction of sp³-hybridized carbons (Fsp3) is 0.727. The molecule has 0 saturated carbocycles. The molecule has 1 aliphatic heterocycles. The molecule has 0 spiro atoms. The van der Waals surface area contributed by atoms with Crippen molar-refractivity contribution in [3.63, 3.8) is 0 Å². The van der Waals surface area contributed by atoms with E-state index in [1.165, 1.54) is 12.5 Å². The number of piperidine rings is 1. The minimum Gasteiger partial charge on any atom is -0.478 e. The van der Waals surface area contributed by atoms with Gasteiger partial charge in [-0.15, -0.1) is 0 Å². The lowest BCUT2D eigenvalue weighted by Crippen LogP contribution is -2.39. The highest BCUT2D eigenvalue weighted by Gasteiger charge is 2.19. The predicted octanol–water partition coefficient (Wildman–Crippen LogP) is 1.75. The summed E-state index contributed by atoms with van der Waals surface area (Å²) in [6.45, 7) is 6.52. The van der Waals surface area contributed by atoms with Crippen molar-refractivity contribution in [2.45, 2.75) is 32.7 Å². The zero-order chi connectivity index (χ0) is 10.6. The van der Waals surface area contributed by atoms with Crippen LogP contribution in [-0.2, 0) is 4.79 Å². The maximum atomic E-state index is 10.4. The van der Waals surface area contributed by atoms with Crippen LogP contribution in [0.3, 0.4) is 0 Å². The van der Waals surface area contributed by atoms with Gasteiger partial charge in [0.25, 0.3) is 0 Å². The standard InChI is InChI=1S/C11H19NO2/c1-9(2)12-7-3-4-10(8-12)5-6-11(13)14/h5-6,9-10H,3-4,7-8H2,1-2H3,(H,13,14)/b6-5-. The smallest absolute Gasteiger partial charge is 0.327 e. The van der Waals surface area contributed by atoms with Gasteiger partial charge in [-0.3, -0.25) is 0 Å². The third-order valence-electron chi connectivity index (χ3n) is 2.73. The van der Waals surface area contributed by atoms with Gasteiger partial charge >= 0.3 is 5.97 Å². The molecule has 1 unspecified atom stereocenters. The summed E-state index contributed by atoms with van der Waals surface area (Å²) in [5.74, 6) is -0.422. The van der Waals surface area contributed by atoms with Crippen LogP contribution < -0.4 is 0 Å². The first-order valence-corrected chi connectivity index (χ1v) is 5.24. The highest BCUT2D eigenvalue weighted by Crippen LogP contribution is 2.19. The van der Waals surface area contributed by atoms with Crippen LogP contribution in [0.1, 0.15) is 26.7 Å². The van der Waals surface area contributed by atoms with Crippen LogP contribution >= 0.6 is 0 Å². The lowest BCUT2D eigenvalue weighted by Gasteiger charge is -2.34. The average molecular weight is 197 g/mol. The molecule has 0 amide bonds. The first-order valence-electron chi connectivity index (χ1n) is 5.24. The molecule has 0 aromatic carbocycles. The van der Waals surface area contributed by atoms with Crippen molar-refractivity contribution >= 4 is 5.97 Å². The number of hydrogen-bond donors (Lipinski definition) is 1. The Morgan fingerprint density at radius 3 is 2.86 bits per heavy atom. The number of rotatable bonds is 3. The molecular weight excluding hydrogens is 178 g/mol. The van der Waals surface area contributed by atoms with Gasteiger partial charge in [0.15, 0.2) is 0 Å². The number of carboxylic acid groups (broad SMARTS) is 1. The zero-order valence-corrected chi connectivity index (χ0v) is 8.94. The summed E-state index contributed by atoms with van der Waals surface area (Å²) < 4.78 is 0. The van der Waals surface area contributed by atoms with Gasteiger partial charge in [0, 0.05) is 18.7 Å². The number of nitrogens with zero attached hydrogens (tertiary/aromatic N) is 1. The summed E-state index contributed by atoms with van der Waals surface area (Å²) in [6.07, 6.45) is 5.39. The lowest BCUT2D eigenvalue weighted by molar-refractivity contribution is -0.131. The normalized spacial score (nSPS) is 24.6. The molecule has 3 heteroatoms. The topological polar surface area (TPSA) is 40.5 Å². The highest BCUT2D eigenvalue weighted by molar-refractivity contribution is 5.79. The van der Waals surface area contributed by atoms with E-state index in [-0.39, 0.29) is 0 Å². The van der Waals surface area contributed by atoms with Crippen molar-refractivity contribution in [3.8, 4) is 0 Å². The van der Waals surface area contributed by atoms with Crippen molar-refractivity contribution in [1.29, 1.82) is 0 Å². The minimum absolute atomic E-state index is 0.419. The van der Waals surface area contributed by atoms with E-state index in [1.54, 1.807) is 0 Å². The molecule has 0 aromatic heterocycles. The van der Waals surface area contributed by atoms with Gasteiger partial charge in [0.1, 0.15) is 0 Å². The molecule has 0 radical (unpaired) electrons. The second-order valence-corrected chi connectivity index (χ2v) is 4.19. The Morgan fingerprint density at radius 1 is 1.57 bits per heavy atom. The largest absolute Gasteiger partial charge is 0.478 e. The molecule has 1 saturated heterocycles. The van der Waals surface area contributed by atoms with E-state index in [9.17, 15) is 4.79 Å². The van der Waals surface area contributed by atoms with Crippen molar-refractivity contribution in [1.82, 2.24) is 4.90 Å². The van der Waals surface area contributed by atoms with E-state index in [1.807, 2.05) is 6.08 Å². The molecule has 80 valence electrons. The van der Waals surface area contributed by atoms with Crippen LogP contribution in [-0.4, -0.2) is 35.1 Å². The summed E-state index contributed by atoms with van der Waals surface area (Å²) in [5, 5.41) is 8.52. The van der Waals surface area contributed by atoms with E-state index in [0.29, 0.717) is 12.0 Å². The van der Waals surface area contributed by atoms with Crippen molar-refractivity contribution in [3.05, 3.63) is 12.2 Å². The van der Waals surface area contributed by atoms with Gasteiger partial charge in [-0.2, -0.15) is 0 Å². The van der Waals surface area contributed by atoms with E-state index in [0.717, 1.165) is 19.5 Å². The maximum absolute atomic E-state index is 10.4. The number of likely N-dealkylation sites (tertiary alicyclic amines) is 1. The van der Waals surface area contributed by atoms with E-state index >= 15 is 0 Å². The number of hydrogen-bond acceptors (Lipinski definition) is 2. The molecular formula is C11H19NO2. The fourth-order valence-electron chi connectivity index (χ4n) is 1.88. The van der Waals surface area contributed by atoms with Crippen molar-refractivity contribution in [2.24, 2.45) is 5.92 Å². The van der Waals surface area contributed by atoms with Gasteiger partial charge < -0.3 is 10.0 Å². The molecule has 0 aliphatic carbocycles. The highest BCUT2D eigenvalue weighted by atomic mass is 16.4. The van der Waals surface area contributed by atoms with E-state index in [2.05, 4.69) is 18.7 Å². The Bertz CT molecular complexity index is 223. The van der Waals surface area contributed by atoms with Crippen LogP contribution in [0.2, 0.25) is 0 Å². The van der Waals surface area contributed by atoms with Crippen LogP contribution in [0.4, 0.5) is 0 Å². The van der Waals surface area contributed by atoms with Crippen molar-refractivity contribution in [2.75, 3.05) is 13.1 Å². The summed E-state index contributed by atoms with van der Waals surface area (Å²) in [4.78, 5) is 12.8. The van der Waals surface area contributed by atoms with Gasteiger partial charge in [-0.25, -0.2) is 4.79 Å². The second-order valence-electron chi connectivity index (χ2n) is 4.19. The molecule has 1 rings (SSSR count). The number of carboxylic acids is 1. The molecule has 0 bridgehead atoms. The Kier molecular flexibility index (Phi) is 4.14. The second kappa shape index (κ2) is 5.15. The monoisotopic (exact) mass is 197 g/mol. The lowest BCUT2D eigenvalue weighted by atomic mass is 9.96.